The minimum absolute atomic E-state index is 0.00318. The molecule has 2 rings (SSSR count). The van der Waals surface area contributed by atoms with Crippen molar-refractivity contribution in [3.63, 3.8) is 0 Å². The molecule has 2 aromatic rings. The van der Waals surface area contributed by atoms with Crippen molar-refractivity contribution in [1.29, 1.82) is 0 Å². The van der Waals surface area contributed by atoms with Crippen LogP contribution in [0, 0.1) is 0 Å². The van der Waals surface area contributed by atoms with E-state index in [1.165, 1.54) is 0 Å². The molecule has 6 nitrogen and oxygen atoms in total. The lowest BCUT2D eigenvalue weighted by Gasteiger charge is -2.09. The maximum Gasteiger partial charge on any atom is 0.243 e. The van der Waals surface area contributed by atoms with E-state index in [0.717, 1.165) is 11.4 Å². The van der Waals surface area contributed by atoms with E-state index < -0.39 is 0 Å². The first-order valence-corrected chi connectivity index (χ1v) is 7.24. The lowest BCUT2D eigenvalue weighted by Crippen LogP contribution is -2.18. The Hall–Kier alpha value is -1.95. The average molecular weight is 290 g/mol. The molecule has 0 bridgehead atoms. The van der Waals surface area contributed by atoms with Crippen molar-refractivity contribution < 1.29 is 9.26 Å². The Kier molecular flexibility index (Phi) is 5.27. The van der Waals surface area contributed by atoms with Crippen LogP contribution < -0.4 is 10.1 Å². The first-order chi connectivity index (χ1) is 10.1. The molecule has 2 aromatic heterocycles. The monoisotopic (exact) mass is 290 g/mol. The van der Waals surface area contributed by atoms with E-state index in [1.54, 1.807) is 6.20 Å². The summed E-state index contributed by atoms with van der Waals surface area (Å²) in [5.41, 5.74) is 1.08. The number of nitrogens with one attached hydrogen (secondary N) is 1. The molecule has 1 unspecified atom stereocenters. The second kappa shape index (κ2) is 7.17. The van der Waals surface area contributed by atoms with Crippen LogP contribution in [0.1, 0.15) is 56.9 Å². The zero-order chi connectivity index (χ0) is 15.2. The lowest BCUT2D eigenvalue weighted by molar-refractivity contribution is 0.326. The van der Waals surface area contributed by atoms with Gasteiger partial charge in [-0.3, -0.25) is 0 Å². The van der Waals surface area contributed by atoms with Gasteiger partial charge in [-0.2, -0.15) is 4.98 Å². The van der Waals surface area contributed by atoms with Crippen LogP contribution in [0.15, 0.2) is 22.9 Å². The Bertz CT molecular complexity index is 551. The normalized spacial score (nSPS) is 12.6. The van der Waals surface area contributed by atoms with Crippen LogP contribution in [0.3, 0.4) is 0 Å². The molecular weight excluding hydrogens is 268 g/mol. The Morgan fingerprint density at radius 1 is 1.29 bits per heavy atom. The third-order valence-corrected chi connectivity index (χ3v) is 3.05. The van der Waals surface area contributed by atoms with Crippen molar-refractivity contribution in [3.05, 3.63) is 35.6 Å². The summed E-state index contributed by atoms with van der Waals surface area (Å²) in [6.45, 7) is 9.32. The third kappa shape index (κ3) is 4.26. The highest BCUT2D eigenvalue weighted by Gasteiger charge is 2.15. The van der Waals surface area contributed by atoms with Gasteiger partial charge in [0.1, 0.15) is 0 Å². The summed E-state index contributed by atoms with van der Waals surface area (Å²) < 4.78 is 10.6. The molecule has 0 spiro atoms. The lowest BCUT2D eigenvalue weighted by atomic mass is 10.2. The minimum atomic E-state index is -0.00318. The highest BCUT2D eigenvalue weighted by Crippen LogP contribution is 2.15. The van der Waals surface area contributed by atoms with Crippen molar-refractivity contribution in [1.82, 2.24) is 20.4 Å². The van der Waals surface area contributed by atoms with Crippen LogP contribution >= 0.6 is 0 Å². The van der Waals surface area contributed by atoms with Gasteiger partial charge in [-0.05, 0) is 19.4 Å². The van der Waals surface area contributed by atoms with Gasteiger partial charge in [0.2, 0.25) is 11.8 Å². The number of rotatable bonds is 7. The molecule has 1 atom stereocenters. The molecule has 0 radical (unpaired) electrons. The standard InChI is InChI=1S/C15H22N4O2/c1-5-20-13-7-6-12(9-17-13)8-16-11(4)15-18-14(10(2)3)19-21-15/h6-7,9-11,16H,5,8H2,1-4H3. The zero-order valence-corrected chi connectivity index (χ0v) is 13.0. The molecule has 6 heteroatoms. The molecule has 0 amide bonds. The molecule has 0 saturated heterocycles. The molecule has 0 fully saturated rings. The molecular formula is C15H22N4O2. The van der Waals surface area contributed by atoms with E-state index in [4.69, 9.17) is 9.26 Å². The van der Waals surface area contributed by atoms with E-state index >= 15 is 0 Å². The number of aromatic nitrogens is 3. The smallest absolute Gasteiger partial charge is 0.243 e. The molecule has 114 valence electrons. The van der Waals surface area contributed by atoms with Gasteiger partial charge >= 0.3 is 0 Å². The summed E-state index contributed by atoms with van der Waals surface area (Å²) >= 11 is 0. The first-order valence-electron chi connectivity index (χ1n) is 7.24. The SMILES string of the molecule is CCOc1ccc(CNC(C)c2nc(C(C)C)no2)cn1. The summed E-state index contributed by atoms with van der Waals surface area (Å²) in [6, 6.07) is 3.86. The van der Waals surface area contributed by atoms with Gasteiger partial charge in [0.05, 0.1) is 12.6 Å². The maximum atomic E-state index is 5.32. The van der Waals surface area contributed by atoms with Crippen LogP contribution in [-0.4, -0.2) is 21.7 Å². The number of ether oxygens (including phenoxy) is 1. The molecule has 0 aliphatic heterocycles. The van der Waals surface area contributed by atoms with Gasteiger partial charge in [0.25, 0.3) is 0 Å². The third-order valence-electron chi connectivity index (χ3n) is 3.05. The Morgan fingerprint density at radius 2 is 2.10 bits per heavy atom. The summed E-state index contributed by atoms with van der Waals surface area (Å²) in [4.78, 5) is 8.62. The molecule has 2 heterocycles. The van der Waals surface area contributed by atoms with Crippen molar-refractivity contribution in [2.75, 3.05) is 6.61 Å². The summed E-state index contributed by atoms with van der Waals surface area (Å²) in [5, 5.41) is 7.31. The van der Waals surface area contributed by atoms with Gasteiger partial charge < -0.3 is 14.6 Å². The van der Waals surface area contributed by atoms with Crippen LogP contribution in [0.5, 0.6) is 5.88 Å². The highest BCUT2D eigenvalue weighted by atomic mass is 16.5. The number of hydrogen-bond donors (Lipinski definition) is 1. The van der Waals surface area contributed by atoms with Crippen LogP contribution in [0.4, 0.5) is 0 Å². The van der Waals surface area contributed by atoms with E-state index in [9.17, 15) is 0 Å². The Labute approximate surface area is 124 Å². The fraction of sp³-hybridized carbons (Fsp3) is 0.533. The van der Waals surface area contributed by atoms with E-state index in [2.05, 4.69) is 20.4 Å². The number of pyridine rings is 1. The Morgan fingerprint density at radius 3 is 2.67 bits per heavy atom. The quantitative estimate of drug-likeness (QED) is 0.845. The van der Waals surface area contributed by atoms with Crippen molar-refractivity contribution in [3.8, 4) is 5.88 Å². The van der Waals surface area contributed by atoms with Crippen LogP contribution in [-0.2, 0) is 6.54 Å². The summed E-state index contributed by atoms with van der Waals surface area (Å²) in [7, 11) is 0. The minimum Gasteiger partial charge on any atom is -0.478 e. The van der Waals surface area contributed by atoms with E-state index in [1.807, 2.05) is 39.8 Å². The maximum absolute atomic E-state index is 5.32. The second-order valence-corrected chi connectivity index (χ2v) is 5.19. The fourth-order valence-electron chi connectivity index (χ4n) is 1.76. The second-order valence-electron chi connectivity index (χ2n) is 5.19. The first kappa shape index (κ1) is 15.4. The van der Waals surface area contributed by atoms with Gasteiger partial charge in [0, 0.05) is 24.7 Å². The largest absolute Gasteiger partial charge is 0.478 e. The Balaban J connectivity index is 1.89. The summed E-state index contributed by atoms with van der Waals surface area (Å²) in [5.74, 6) is 2.26. The van der Waals surface area contributed by atoms with Crippen LogP contribution in [0.2, 0.25) is 0 Å². The van der Waals surface area contributed by atoms with Crippen molar-refractivity contribution in [2.45, 2.75) is 46.2 Å². The predicted octanol–water partition coefficient (Wildman–Crippen LogP) is 2.84. The zero-order valence-electron chi connectivity index (χ0n) is 13.0. The molecule has 0 aromatic carbocycles. The average Bonchev–Trinajstić information content (AvgIpc) is 2.97. The number of nitrogens with zero attached hydrogens (tertiary/aromatic N) is 3. The highest BCUT2D eigenvalue weighted by molar-refractivity contribution is 5.17. The van der Waals surface area contributed by atoms with Gasteiger partial charge in [-0.1, -0.05) is 25.1 Å². The molecule has 0 aliphatic carbocycles. The predicted molar refractivity (Wildman–Crippen MR) is 79.0 cm³/mol. The number of hydrogen-bond acceptors (Lipinski definition) is 6. The molecule has 1 N–H and O–H groups in total. The van der Waals surface area contributed by atoms with E-state index in [0.29, 0.717) is 24.9 Å². The molecule has 0 aliphatic rings. The van der Waals surface area contributed by atoms with Gasteiger partial charge in [0.15, 0.2) is 5.82 Å². The van der Waals surface area contributed by atoms with Crippen molar-refractivity contribution >= 4 is 0 Å². The van der Waals surface area contributed by atoms with Crippen LogP contribution in [0.25, 0.3) is 0 Å². The molecule has 0 saturated carbocycles. The molecule has 21 heavy (non-hydrogen) atoms. The topological polar surface area (TPSA) is 73.1 Å². The van der Waals surface area contributed by atoms with Gasteiger partial charge in [-0.25, -0.2) is 4.98 Å². The fourth-order valence-corrected chi connectivity index (χ4v) is 1.76. The summed E-state index contributed by atoms with van der Waals surface area (Å²) in [6.07, 6.45) is 1.80. The van der Waals surface area contributed by atoms with Crippen molar-refractivity contribution in [2.24, 2.45) is 0 Å². The van der Waals surface area contributed by atoms with Gasteiger partial charge in [-0.15, -0.1) is 0 Å². The van der Waals surface area contributed by atoms with E-state index in [-0.39, 0.29) is 12.0 Å².